The summed E-state index contributed by atoms with van der Waals surface area (Å²) in [7, 11) is 1.31. The van der Waals surface area contributed by atoms with E-state index < -0.39 is 12.1 Å². The molecular formula is C43H57N7O5. The topological polar surface area (TPSA) is 154 Å². The monoisotopic (exact) mass is 751 g/mol. The van der Waals surface area contributed by atoms with Crippen LogP contribution in [0.4, 0.5) is 4.79 Å². The number of aromatic nitrogens is 4. The lowest BCUT2D eigenvalue weighted by atomic mass is 9.75. The van der Waals surface area contributed by atoms with E-state index in [1.807, 2.05) is 43.3 Å². The second kappa shape index (κ2) is 17.1. The number of unbranched alkanes of at least 4 members (excludes halogenated alkanes) is 1. The van der Waals surface area contributed by atoms with Gasteiger partial charge in [0.15, 0.2) is 0 Å². The first kappa shape index (κ1) is 39.6. The minimum absolute atomic E-state index is 0.0522. The Balaban J connectivity index is 1.12. The lowest BCUT2D eigenvalue weighted by Crippen LogP contribution is -2.51. The Hall–Kier alpha value is -5.13. The molecule has 12 nitrogen and oxygen atoms in total. The van der Waals surface area contributed by atoms with Crippen molar-refractivity contribution in [1.82, 2.24) is 35.5 Å². The summed E-state index contributed by atoms with van der Waals surface area (Å²) in [6.45, 7) is 13.9. The number of methoxy groups -OCH3 is 1. The second-order valence-electron chi connectivity index (χ2n) is 15.8. The molecule has 2 aliphatic heterocycles. The van der Waals surface area contributed by atoms with E-state index >= 15 is 0 Å². The van der Waals surface area contributed by atoms with Crippen LogP contribution in [0, 0.1) is 11.8 Å². The van der Waals surface area contributed by atoms with Gasteiger partial charge in [-0.05, 0) is 61.8 Å². The smallest absolute Gasteiger partial charge is 0.407 e. The Bertz CT molecular complexity index is 1980. The summed E-state index contributed by atoms with van der Waals surface area (Å²) in [5.74, 6) is 3.66. The Labute approximate surface area is 324 Å². The highest BCUT2D eigenvalue weighted by Gasteiger charge is 2.39. The number of likely N-dealkylation sites (tertiary alicyclic amines) is 1. The molecule has 294 valence electrons. The van der Waals surface area contributed by atoms with Crippen molar-refractivity contribution in [3.8, 4) is 34.0 Å². The molecule has 0 bridgehead atoms. The zero-order valence-electron chi connectivity index (χ0n) is 33.4. The van der Waals surface area contributed by atoms with Gasteiger partial charge in [-0.25, -0.2) is 14.8 Å². The number of rotatable bonds is 15. The van der Waals surface area contributed by atoms with Crippen LogP contribution in [0.3, 0.4) is 0 Å². The molecule has 4 unspecified atom stereocenters. The third kappa shape index (κ3) is 8.73. The van der Waals surface area contributed by atoms with Crippen molar-refractivity contribution < 1.29 is 23.9 Å². The van der Waals surface area contributed by atoms with Gasteiger partial charge in [0.25, 0.3) is 0 Å². The van der Waals surface area contributed by atoms with Crippen molar-refractivity contribution in [2.24, 2.45) is 11.8 Å². The lowest BCUT2D eigenvalue weighted by Gasteiger charge is -2.35. The second-order valence-corrected chi connectivity index (χ2v) is 15.8. The van der Waals surface area contributed by atoms with Gasteiger partial charge < -0.3 is 35.0 Å². The number of nitrogens with zero attached hydrogens (tertiary/aromatic N) is 3. The average Bonchev–Trinajstić information content (AvgIpc) is 3.98. The van der Waals surface area contributed by atoms with E-state index in [2.05, 4.69) is 77.5 Å². The minimum atomic E-state index is -0.673. The first-order valence-electron chi connectivity index (χ1n) is 19.9. The molecule has 0 spiro atoms. The van der Waals surface area contributed by atoms with Crippen molar-refractivity contribution in [2.45, 2.75) is 110 Å². The third-order valence-electron chi connectivity index (χ3n) is 11.6. The zero-order chi connectivity index (χ0) is 39.3. The van der Waals surface area contributed by atoms with Crippen LogP contribution in [0.2, 0.25) is 0 Å². The number of hydrogen-bond acceptors (Lipinski definition) is 7. The molecule has 4 atom stereocenters. The number of carbonyl (C=O) groups excluding carboxylic acids is 3. The van der Waals surface area contributed by atoms with E-state index in [-0.39, 0.29) is 29.2 Å². The summed E-state index contributed by atoms with van der Waals surface area (Å²) in [4.78, 5) is 56.2. The molecule has 3 amide bonds. The number of amides is 3. The van der Waals surface area contributed by atoms with Crippen molar-refractivity contribution in [2.75, 3.05) is 20.2 Å². The normalized spacial score (nSPS) is 17.4. The van der Waals surface area contributed by atoms with E-state index in [1.165, 1.54) is 7.11 Å². The number of aryl methyl sites for hydroxylation is 1. The standard InChI is InChI=1S/C43H57N7O5/c1-8-26(3)21-38(51)44-19-11-10-14-37-45-24-32(47-37)29-15-17-30-36(23-29)55-35-18-16-28(22-31(35)43(30,5)6)33-25-46-40(48-33)34-13-12-20-50(34)41(52)39(27(4)9-2)49-42(53)54-7/h15-18,22-27,34,39H,8-14,19-21H2,1-7H3,(H,44,51)(H,45,47)(H,46,48)(H,49,53). The Morgan fingerprint density at radius 1 is 0.964 bits per heavy atom. The van der Waals surface area contributed by atoms with E-state index in [0.29, 0.717) is 25.4 Å². The first-order valence-corrected chi connectivity index (χ1v) is 19.9. The molecule has 4 heterocycles. The number of alkyl carbamates (subject to hydrolysis) is 1. The number of H-pyrrole nitrogens is 2. The number of aromatic amines is 2. The summed E-state index contributed by atoms with van der Waals surface area (Å²) in [6.07, 6.45) is 9.73. The SMILES string of the molecule is CCC(C)CC(=O)NCCCCc1ncc(-c2ccc3c(c2)Oc2ccc(-c4cnc(C5CCCN5C(=O)C(NC(=O)OC)C(C)CC)[nH]4)cc2C3(C)C)[nH]1. The number of imidazole rings is 2. The molecule has 0 radical (unpaired) electrons. The number of benzene rings is 2. The average molecular weight is 752 g/mol. The quantitative estimate of drug-likeness (QED) is 0.0893. The van der Waals surface area contributed by atoms with Crippen molar-refractivity contribution in [3.63, 3.8) is 0 Å². The first-order chi connectivity index (χ1) is 26.4. The minimum Gasteiger partial charge on any atom is -0.457 e. The van der Waals surface area contributed by atoms with Crippen molar-refractivity contribution in [1.29, 1.82) is 0 Å². The molecule has 0 saturated carbocycles. The maximum absolute atomic E-state index is 13.8. The van der Waals surface area contributed by atoms with Crippen LogP contribution in [-0.2, 0) is 26.2 Å². The number of hydrogen-bond donors (Lipinski definition) is 4. The summed E-state index contributed by atoms with van der Waals surface area (Å²) < 4.78 is 11.4. The maximum Gasteiger partial charge on any atom is 0.407 e. The molecule has 2 aromatic carbocycles. The molecule has 6 rings (SSSR count). The highest BCUT2D eigenvalue weighted by atomic mass is 16.5. The van der Waals surface area contributed by atoms with Gasteiger partial charge in [-0.2, -0.15) is 0 Å². The van der Waals surface area contributed by atoms with Crippen LogP contribution in [0.1, 0.15) is 115 Å². The van der Waals surface area contributed by atoms with E-state index in [4.69, 9.17) is 14.5 Å². The fourth-order valence-corrected chi connectivity index (χ4v) is 7.66. The summed E-state index contributed by atoms with van der Waals surface area (Å²) in [5.41, 5.74) is 5.62. The highest BCUT2D eigenvalue weighted by molar-refractivity contribution is 5.86. The molecule has 4 aromatic rings. The van der Waals surface area contributed by atoms with Crippen LogP contribution >= 0.6 is 0 Å². The number of nitrogens with one attached hydrogen (secondary N) is 4. The van der Waals surface area contributed by atoms with Gasteiger partial charge in [0.2, 0.25) is 11.8 Å². The van der Waals surface area contributed by atoms with Gasteiger partial charge in [-0.15, -0.1) is 0 Å². The van der Waals surface area contributed by atoms with Crippen molar-refractivity contribution in [3.05, 3.63) is 71.6 Å². The molecule has 2 aromatic heterocycles. The van der Waals surface area contributed by atoms with Gasteiger partial charge in [0, 0.05) is 53.6 Å². The van der Waals surface area contributed by atoms with Crippen LogP contribution in [0.25, 0.3) is 22.5 Å². The van der Waals surface area contributed by atoms with Gasteiger partial charge in [-0.1, -0.05) is 66.5 Å². The molecule has 0 aliphatic carbocycles. The van der Waals surface area contributed by atoms with Crippen LogP contribution in [-0.4, -0.2) is 69.0 Å². The van der Waals surface area contributed by atoms with Crippen LogP contribution in [0.15, 0.2) is 48.8 Å². The van der Waals surface area contributed by atoms with Crippen LogP contribution < -0.4 is 15.4 Å². The van der Waals surface area contributed by atoms with E-state index in [1.54, 1.807) is 0 Å². The van der Waals surface area contributed by atoms with E-state index in [9.17, 15) is 14.4 Å². The summed E-state index contributed by atoms with van der Waals surface area (Å²) in [5, 5.41) is 5.80. The number of fused-ring (bicyclic) bond motifs is 2. The lowest BCUT2D eigenvalue weighted by molar-refractivity contribution is -0.135. The molecule has 1 saturated heterocycles. The molecule has 4 N–H and O–H groups in total. The van der Waals surface area contributed by atoms with Gasteiger partial charge in [-0.3, -0.25) is 9.59 Å². The van der Waals surface area contributed by atoms with Crippen LogP contribution in [0.5, 0.6) is 11.5 Å². The third-order valence-corrected chi connectivity index (χ3v) is 11.6. The van der Waals surface area contributed by atoms with Gasteiger partial charge >= 0.3 is 6.09 Å². The molecule has 1 fully saturated rings. The number of ether oxygens (including phenoxy) is 2. The Morgan fingerprint density at radius 3 is 2.47 bits per heavy atom. The molecular weight excluding hydrogens is 695 g/mol. The zero-order valence-corrected chi connectivity index (χ0v) is 33.4. The molecule has 55 heavy (non-hydrogen) atoms. The predicted molar refractivity (Wildman–Crippen MR) is 213 cm³/mol. The Morgan fingerprint density at radius 2 is 1.71 bits per heavy atom. The molecule has 2 aliphatic rings. The highest BCUT2D eigenvalue weighted by Crippen LogP contribution is 2.49. The number of carbonyl (C=O) groups is 3. The van der Waals surface area contributed by atoms with Gasteiger partial charge in [0.05, 0.1) is 36.9 Å². The Kier molecular flexibility index (Phi) is 12.3. The van der Waals surface area contributed by atoms with Gasteiger partial charge in [0.1, 0.15) is 29.2 Å². The predicted octanol–water partition coefficient (Wildman–Crippen LogP) is 8.21. The van der Waals surface area contributed by atoms with E-state index in [0.717, 1.165) is 102 Å². The maximum atomic E-state index is 13.8. The summed E-state index contributed by atoms with van der Waals surface area (Å²) in [6, 6.07) is 11.7. The fraction of sp³-hybridized carbons (Fsp3) is 0.512. The largest absolute Gasteiger partial charge is 0.457 e. The molecule has 12 heteroatoms. The van der Waals surface area contributed by atoms with Crippen molar-refractivity contribution >= 4 is 17.9 Å². The summed E-state index contributed by atoms with van der Waals surface area (Å²) >= 11 is 0. The fourth-order valence-electron chi connectivity index (χ4n) is 7.66.